The SMILES string of the molecule is COc1cc(C)c2c(c1)c(CCNC1CC1)c(C)n2C. The van der Waals surface area contributed by atoms with Gasteiger partial charge in [0.15, 0.2) is 0 Å². The predicted molar refractivity (Wildman–Crippen MR) is 83.7 cm³/mol. The van der Waals surface area contributed by atoms with E-state index in [1.54, 1.807) is 7.11 Å². The molecule has 0 saturated heterocycles. The number of ether oxygens (including phenoxy) is 1. The van der Waals surface area contributed by atoms with Crippen LogP contribution in [0, 0.1) is 13.8 Å². The van der Waals surface area contributed by atoms with Gasteiger partial charge in [0.2, 0.25) is 0 Å². The van der Waals surface area contributed by atoms with E-state index < -0.39 is 0 Å². The number of methoxy groups -OCH3 is 1. The molecular formula is C17H24N2O. The Hall–Kier alpha value is -1.48. The van der Waals surface area contributed by atoms with Crippen molar-refractivity contribution in [3.8, 4) is 5.75 Å². The molecule has 2 aromatic rings. The van der Waals surface area contributed by atoms with Gasteiger partial charge in [-0.1, -0.05) is 0 Å². The Labute approximate surface area is 120 Å². The molecule has 0 aliphatic heterocycles. The van der Waals surface area contributed by atoms with Crippen LogP contribution in [-0.4, -0.2) is 24.3 Å². The van der Waals surface area contributed by atoms with E-state index in [4.69, 9.17) is 4.74 Å². The zero-order chi connectivity index (χ0) is 14.3. The van der Waals surface area contributed by atoms with Crippen molar-refractivity contribution >= 4 is 10.9 Å². The summed E-state index contributed by atoms with van der Waals surface area (Å²) < 4.78 is 7.75. The molecule has 0 spiro atoms. The fourth-order valence-electron chi connectivity index (χ4n) is 3.11. The van der Waals surface area contributed by atoms with Crippen molar-refractivity contribution in [2.24, 2.45) is 7.05 Å². The molecule has 1 heterocycles. The lowest BCUT2D eigenvalue weighted by molar-refractivity contribution is 0.415. The molecule has 1 fully saturated rings. The highest BCUT2D eigenvalue weighted by Crippen LogP contribution is 2.31. The van der Waals surface area contributed by atoms with Crippen LogP contribution < -0.4 is 10.1 Å². The quantitative estimate of drug-likeness (QED) is 0.905. The van der Waals surface area contributed by atoms with E-state index in [-0.39, 0.29) is 0 Å². The van der Waals surface area contributed by atoms with Gasteiger partial charge in [0.25, 0.3) is 0 Å². The number of hydrogen-bond acceptors (Lipinski definition) is 2. The zero-order valence-electron chi connectivity index (χ0n) is 12.9. The van der Waals surface area contributed by atoms with E-state index in [2.05, 4.69) is 42.9 Å². The van der Waals surface area contributed by atoms with Crippen LogP contribution in [0.4, 0.5) is 0 Å². The first-order chi connectivity index (χ1) is 9.61. The summed E-state index contributed by atoms with van der Waals surface area (Å²) in [5.41, 5.74) is 5.45. The number of nitrogens with zero attached hydrogens (tertiary/aromatic N) is 1. The Bertz CT molecular complexity index is 638. The van der Waals surface area contributed by atoms with Gasteiger partial charge in [0, 0.05) is 24.2 Å². The molecule has 3 nitrogen and oxygen atoms in total. The van der Waals surface area contributed by atoms with Gasteiger partial charge in [0.1, 0.15) is 5.75 Å². The minimum Gasteiger partial charge on any atom is -0.497 e. The Morgan fingerprint density at radius 2 is 2.05 bits per heavy atom. The van der Waals surface area contributed by atoms with Crippen molar-refractivity contribution in [1.82, 2.24) is 9.88 Å². The smallest absolute Gasteiger partial charge is 0.119 e. The van der Waals surface area contributed by atoms with Crippen LogP contribution in [0.15, 0.2) is 12.1 Å². The van der Waals surface area contributed by atoms with E-state index >= 15 is 0 Å². The van der Waals surface area contributed by atoms with Crippen molar-refractivity contribution in [2.45, 2.75) is 39.2 Å². The topological polar surface area (TPSA) is 26.2 Å². The minimum atomic E-state index is 0.779. The number of aromatic nitrogens is 1. The molecule has 1 aliphatic rings. The number of rotatable bonds is 5. The molecule has 1 saturated carbocycles. The predicted octanol–water partition coefficient (Wildman–Crippen LogP) is 3.10. The average molecular weight is 272 g/mol. The second-order valence-corrected chi connectivity index (χ2v) is 5.94. The van der Waals surface area contributed by atoms with E-state index in [0.717, 1.165) is 24.8 Å². The van der Waals surface area contributed by atoms with Crippen LogP contribution in [0.3, 0.4) is 0 Å². The molecule has 1 aromatic heterocycles. The highest BCUT2D eigenvalue weighted by atomic mass is 16.5. The number of aryl methyl sites for hydroxylation is 2. The lowest BCUT2D eigenvalue weighted by atomic mass is 10.1. The number of nitrogens with one attached hydrogen (secondary N) is 1. The molecule has 0 bridgehead atoms. The number of hydrogen-bond donors (Lipinski definition) is 1. The summed E-state index contributed by atoms with van der Waals surface area (Å²) in [5.74, 6) is 0.956. The van der Waals surface area contributed by atoms with Gasteiger partial charge in [-0.05, 0) is 62.9 Å². The van der Waals surface area contributed by atoms with Gasteiger partial charge in [-0.2, -0.15) is 0 Å². The van der Waals surface area contributed by atoms with Crippen LogP contribution in [0.1, 0.15) is 29.7 Å². The molecule has 0 atom stereocenters. The lowest BCUT2D eigenvalue weighted by Crippen LogP contribution is -2.19. The van der Waals surface area contributed by atoms with Crippen LogP contribution >= 0.6 is 0 Å². The minimum absolute atomic E-state index is 0.779. The van der Waals surface area contributed by atoms with E-state index in [1.807, 2.05) is 0 Å². The normalized spacial score (nSPS) is 15.0. The van der Waals surface area contributed by atoms with Gasteiger partial charge in [0.05, 0.1) is 12.6 Å². The van der Waals surface area contributed by atoms with Gasteiger partial charge < -0.3 is 14.6 Å². The fourth-order valence-corrected chi connectivity index (χ4v) is 3.11. The summed E-state index contributed by atoms with van der Waals surface area (Å²) in [4.78, 5) is 0. The second kappa shape index (κ2) is 5.13. The molecule has 1 aliphatic carbocycles. The molecule has 3 heteroatoms. The number of fused-ring (bicyclic) bond motifs is 1. The van der Waals surface area contributed by atoms with Gasteiger partial charge in [-0.3, -0.25) is 0 Å². The van der Waals surface area contributed by atoms with Gasteiger partial charge in [-0.25, -0.2) is 0 Å². The summed E-state index contributed by atoms with van der Waals surface area (Å²) in [6, 6.07) is 5.08. The van der Waals surface area contributed by atoms with Crippen LogP contribution in [0.25, 0.3) is 10.9 Å². The van der Waals surface area contributed by atoms with Gasteiger partial charge >= 0.3 is 0 Å². The Balaban J connectivity index is 1.99. The summed E-state index contributed by atoms with van der Waals surface area (Å²) in [6.07, 6.45) is 3.79. The molecule has 0 radical (unpaired) electrons. The van der Waals surface area contributed by atoms with Gasteiger partial charge in [-0.15, -0.1) is 0 Å². The summed E-state index contributed by atoms with van der Waals surface area (Å²) in [5, 5.41) is 4.96. The maximum atomic E-state index is 5.44. The maximum absolute atomic E-state index is 5.44. The third kappa shape index (κ3) is 2.31. The van der Waals surface area contributed by atoms with Crippen molar-refractivity contribution in [1.29, 1.82) is 0 Å². The largest absolute Gasteiger partial charge is 0.497 e. The van der Waals surface area contributed by atoms with Crippen LogP contribution in [-0.2, 0) is 13.5 Å². The van der Waals surface area contributed by atoms with Crippen molar-refractivity contribution in [3.63, 3.8) is 0 Å². The highest BCUT2D eigenvalue weighted by molar-refractivity contribution is 5.89. The summed E-state index contributed by atoms with van der Waals surface area (Å²) in [6.45, 7) is 5.45. The zero-order valence-corrected chi connectivity index (χ0v) is 12.9. The van der Waals surface area contributed by atoms with Crippen molar-refractivity contribution in [2.75, 3.05) is 13.7 Å². The molecular weight excluding hydrogens is 248 g/mol. The fraction of sp³-hybridized carbons (Fsp3) is 0.529. The molecule has 20 heavy (non-hydrogen) atoms. The number of benzene rings is 1. The summed E-state index contributed by atoms with van der Waals surface area (Å²) >= 11 is 0. The monoisotopic (exact) mass is 272 g/mol. The Morgan fingerprint density at radius 3 is 2.70 bits per heavy atom. The Kier molecular flexibility index (Phi) is 3.47. The molecule has 0 unspecified atom stereocenters. The van der Waals surface area contributed by atoms with Crippen LogP contribution in [0.2, 0.25) is 0 Å². The first-order valence-electron chi connectivity index (χ1n) is 7.47. The first kappa shape index (κ1) is 13.5. The van der Waals surface area contributed by atoms with E-state index in [1.165, 1.54) is 40.6 Å². The lowest BCUT2D eigenvalue weighted by Gasteiger charge is -2.06. The van der Waals surface area contributed by atoms with E-state index in [0.29, 0.717) is 0 Å². The van der Waals surface area contributed by atoms with Crippen molar-refractivity contribution in [3.05, 3.63) is 29.0 Å². The summed E-state index contributed by atoms with van der Waals surface area (Å²) in [7, 11) is 3.90. The van der Waals surface area contributed by atoms with Crippen LogP contribution in [0.5, 0.6) is 5.75 Å². The second-order valence-electron chi connectivity index (χ2n) is 5.94. The molecule has 108 valence electrons. The molecule has 3 rings (SSSR count). The molecule has 1 N–H and O–H groups in total. The Morgan fingerprint density at radius 1 is 1.30 bits per heavy atom. The standard InChI is InChI=1S/C17H24N2O/c1-11-9-14(20-4)10-16-15(7-8-18-13-5-6-13)12(2)19(3)17(11)16/h9-10,13,18H,5-8H2,1-4H3. The first-order valence-corrected chi connectivity index (χ1v) is 7.47. The highest BCUT2D eigenvalue weighted by Gasteiger charge is 2.20. The van der Waals surface area contributed by atoms with E-state index in [9.17, 15) is 0 Å². The third-order valence-electron chi connectivity index (χ3n) is 4.50. The third-order valence-corrected chi connectivity index (χ3v) is 4.50. The average Bonchev–Trinajstić information content (AvgIpc) is 3.21. The molecule has 0 amide bonds. The van der Waals surface area contributed by atoms with Crippen molar-refractivity contribution < 1.29 is 4.74 Å². The maximum Gasteiger partial charge on any atom is 0.119 e. The molecule has 1 aromatic carbocycles.